The van der Waals surface area contributed by atoms with Crippen molar-refractivity contribution in [2.24, 2.45) is 5.73 Å². The van der Waals surface area contributed by atoms with Gasteiger partial charge in [-0.1, -0.05) is 12.2 Å². The van der Waals surface area contributed by atoms with Crippen molar-refractivity contribution < 1.29 is 13.3 Å². The zero-order valence-electron chi connectivity index (χ0n) is 11.9. The maximum Gasteiger partial charge on any atom is 0.500 e. The third-order valence-corrected chi connectivity index (χ3v) is 5.61. The molecule has 0 unspecified atom stereocenters. The molecule has 0 saturated heterocycles. The first kappa shape index (κ1) is 17.8. The second kappa shape index (κ2) is 11.8. The summed E-state index contributed by atoms with van der Waals surface area (Å²) < 4.78 is 16.0. The summed E-state index contributed by atoms with van der Waals surface area (Å²) >= 11 is 0. The lowest BCUT2D eigenvalue weighted by Gasteiger charge is -2.24. The molecule has 0 amide bonds. The molecule has 3 N–H and O–H groups in total. The van der Waals surface area contributed by atoms with Crippen LogP contribution < -0.4 is 11.1 Å². The Morgan fingerprint density at radius 2 is 1.72 bits per heavy atom. The summed E-state index contributed by atoms with van der Waals surface area (Å²) in [4.78, 5) is 0. The monoisotopic (exact) mass is 276 g/mol. The number of unbranched alkanes of at least 4 members (excludes halogenated alkanes) is 1. The minimum atomic E-state index is -2.38. The Morgan fingerprint density at radius 1 is 1.06 bits per heavy atom. The first-order chi connectivity index (χ1) is 8.74. The second-order valence-corrected chi connectivity index (χ2v) is 7.10. The Bertz CT molecular complexity index is 203. The number of allylic oxidation sites excluding steroid dienone is 1. The van der Waals surface area contributed by atoms with Crippen LogP contribution in [0.25, 0.3) is 0 Å². The van der Waals surface area contributed by atoms with Crippen LogP contribution in [0, 0.1) is 0 Å². The SMILES string of the molecule is CO[Si](CCCNC/C=C/CCCN)(OC)OC. The molecule has 0 rings (SSSR count). The lowest BCUT2D eigenvalue weighted by atomic mass is 10.3. The van der Waals surface area contributed by atoms with E-state index in [1.807, 2.05) is 0 Å². The first-order valence-corrected chi connectivity index (χ1v) is 8.39. The van der Waals surface area contributed by atoms with E-state index in [-0.39, 0.29) is 0 Å². The second-order valence-electron chi connectivity index (χ2n) is 4.01. The van der Waals surface area contributed by atoms with Gasteiger partial charge in [0.2, 0.25) is 0 Å². The van der Waals surface area contributed by atoms with Crippen LogP contribution in [0.2, 0.25) is 6.04 Å². The Hall–Kier alpha value is -0.243. The Kier molecular flexibility index (Phi) is 11.7. The van der Waals surface area contributed by atoms with Crippen molar-refractivity contribution in [1.29, 1.82) is 0 Å². The average Bonchev–Trinajstić information content (AvgIpc) is 2.42. The fraction of sp³-hybridized carbons (Fsp3) is 0.833. The summed E-state index contributed by atoms with van der Waals surface area (Å²) in [5, 5.41) is 3.34. The predicted molar refractivity (Wildman–Crippen MR) is 76.5 cm³/mol. The predicted octanol–water partition coefficient (Wildman–Crippen LogP) is 1.14. The summed E-state index contributed by atoms with van der Waals surface area (Å²) in [5.74, 6) is 0. The van der Waals surface area contributed by atoms with Gasteiger partial charge in [-0.3, -0.25) is 0 Å². The van der Waals surface area contributed by atoms with Crippen molar-refractivity contribution in [2.75, 3.05) is 41.0 Å². The van der Waals surface area contributed by atoms with Crippen LogP contribution in [0.15, 0.2) is 12.2 Å². The fourth-order valence-corrected chi connectivity index (χ4v) is 3.33. The van der Waals surface area contributed by atoms with Crippen LogP contribution in [-0.2, 0) is 13.3 Å². The molecule has 108 valence electrons. The van der Waals surface area contributed by atoms with Gasteiger partial charge < -0.3 is 24.3 Å². The molecule has 0 atom stereocenters. The molecule has 0 aliphatic rings. The fourth-order valence-electron chi connectivity index (χ4n) is 1.61. The topological polar surface area (TPSA) is 65.7 Å². The molecular formula is C12H28N2O3Si. The van der Waals surface area contributed by atoms with Crippen LogP contribution in [0.4, 0.5) is 0 Å². The summed E-state index contributed by atoms with van der Waals surface area (Å²) in [5.41, 5.74) is 5.41. The highest BCUT2D eigenvalue weighted by molar-refractivity contribution is 6.60. The van der Waals surface area contributed by atoms with Crippen LogP contribution >= 0.6 is 0 Å². The molecule has 5 nitrogen and oxygen atoms in total. The van der Waals surface area contributed by atoms with E-state index in [0.29, 0.717) is 0 Å². The van der Waals surface area contributed by atoms with Gasteiger partial charge in [0.1, 0.15) is 0 Å². The molecule has 0 heterocycles. The molecule has 0 aromatic heterocycles. The molecule has 0 aliphatic heterocycles. The lowest BCUT2D eigenvalue weighted by molar-refractivity contribution is 0.123. The van der Waals surface area contributed by atoms with Gasteiger partial charge in [0.05, 0.1) is 0 Å². The van der Waals surface area contributed by atoms with Gasteiger partial charge in [-0.15, -0.1) is 0 Å². The number of hydrogen-bond acceptors (Lipinski definition) is 5. The zero-order valence-corrected chi connectivity index (χ0v) is 12.9. The van der Waals surface area contributed by atoms with Gasteiger partial charge in [0.15, 0.2) is 0 Å². The van der Waals surface area contributed by atoms with Crippen LogP contribution in [0.1, 0.15) is 19.3 Å². The molecular weight excluding hydrogens is 248 g/mol. The van der Waals surface area contributed by atoms with Gasteiger partial charge in [-0.25, -0.2) is 0 Å². The highest BCUT2D eigenvalue weighted by atomic mass is 28.4. The highest BCUT2D eigenvalue weighted by Crippen LogP contribution is 2.14. The van der Waals surface area contributed by atoms with Crippen molar-refractivity contribution in [3.63, 3.8) is 0 Å². The summed E-state index contributed by atoms with van der Waals surface area (Å²) in [6.07, 6.45) is 7.41. The molecule has 0 aromatic rings. The van der Waals surface area contributed by atoms with Crippen LogP contribution in [0.5, 0.6) is 0 Å². The molecule has 0 fully saturated rings. The van der Waals surface area contributed by atoms with Crippen molar-refractivity contribution in [3.8, 4) is 0 Å². The van der Waals surface area contributed by atoms with Crippen molar-refractivity contribution in [2.45, 2.75) is 25.3 Å². The van der Waals surface area contributed by atoms with E-state index in [1.165, 1.54) is 0 Å². The summed E-state index contributed by atoms with van der Waals surface area (Å²) in [7, 11) is 2.56. The third kappa shape index (κ3) is 7.96. The maximum atomic E-state index is 5.41. The number of nitrogens with one attached hydrogen (secondary N) is 1. The average molecular weight is 276 g/mol. The van der Waals surface area contributed by atoms with E-state index in [0.717, 1.165) is 44.9 Å². The van der Waals surface area contributed by atoms with Gasteiger partial charge in [-0.05, 0) is 32.4 Å². The smallest absolute Gasteiger partial charge is 0.377 e. The quantitative estimate of drug-likeness (QED) is 0.318. The van der Waals surface area contributed by atoms with E-state index < -0.39 is 8.80 Å². The van der Waals surface area contributed by atoms with Crippen LogP contribution in [-0.4, -0.2) is 49.8 Å². The largest absolute Gasteiger partial charge is 0.500 e. The van der Waals surface area contributed by atoms with E-state index in [9.17, 15) is 0 Å². The maximum absolute atomic E-state index is 5.41. The van der Waals surface area contributed by atoms with Gasteiger partial charge in [0.25, 0.3) is 0 Å². The van der Waals surface area contributed by atoms with Crippen molar-refractivity contribution >= 4 is 8.80 Å². The van der Waals surface area contributed by atoms with E-state index in [1.54, 1.807) is 21.3 Å². The summed E-state index contributed by atoms with van der Waals surface area (Å²) in [6.45, 7) is 2.59. The third-order valence-electron chi connectivity index (χ3n) is 2.77. The van der Waals surface area contributed by atoms with E-state index in [4.69, 9.17) is 19.0 Å². The Balaban J connectivity index is 3.52. The Labute approximate surface area is 112 Å². The Morgan fingerprint density at radius 3 is 2.28 bits per heavy atom. The van der Waals surface area contributed by atoms with Crippen molar-refractivity contribution in [1.82, 2.24) is 5.32 Å². The standard InChI is InChI=1S/C12H28N2O3Si/c1-15-18(16-2,17-3)12-8-11-14-10-7-5-4-6-9-13/h5,7,14H,4,6,8-13H2,1-3H3/b7-5+. The first-order valence-electron chi connectivity index (χ1n) is 6.46. The van der Waals surface area contributed by atoms with Gasteiger partial charge in [0, 0.05) is 33.9 Å². The molecule has 0 aliphatic carbocycles. The highest BCUT2D eigenvalue weighted by Gasteiger charge is 2.36. The van der Waals surface area contributed by atoms with Gasteiger partial charge in [-0.2, -0.15) is 0 Å². The van der Waals surface area contributed by atoms with Crippen LogP contribution in [0.3, 0.4) is 0 Å². The summed E-state index contributed by atoms with van der Waals surface area (Å²) in [6, 6.07) is 0.834. The molecule has 0 saturated carbocycles. The molecule has 6 heteroatoms. The molecule has 0 bridgehead atoms. The normalized spacial score (nSPS) is 12.4. The van der Waals surface area contributed by atoms with Crippen molar-refractivity contribution in [3.05, 3.63) is 12.2 Å². The molecule has 0 spiro atoms. The number of nitrogens with two attached hydrogens (primary N) is 1. The van der Waals surface area contributed by atoms with E-state index in [2.05, 4.69) is 17.5 Å². The minimum absolute atomic E-state index is 0.759. The number of hydrogen-bond donors (Lipinski definition) is 2. The van der Waals surface area contributed by atoms with E-state index >= 15 is 0 Å². The molecule has 0 aromatic carbocycles. The molecule has 18 heavy (non-hydrogen) atoms. The minimum Gasteiger partial charge on any atom is -0.377 e. The number of rotatable bonds is 12. The molecule has 0 radical (unpaired) electrons. The zero-order chi connectivity index (χ0) is 13.7. The lowest BCUT2D eigenvalue weighted by Crippen LogP contribution is -2.43. The van der Waals surface area contributed by atoms with Gasteiger partial charge >= 0.3 is 8.80 Å².